The number of halogens is 1. The lowest BCUT2D eigenvalue weighted by atomic mass is 10.3. The topological polar surface area (TPSA) is 93.9 Å². The Morgan fingerprint density at radius 3 is 2.29 bits per heavy atom. The van der Waals surface area contributed by atoms with E-state index in [9.17, 15) is 4.79 Å². The highest BCUT2D eigenvalue weighted by Gasteiger charge is 2.20. The first-order valence-electron chi connectivity index (χ1n) is 12.1. The first kappa shape index (κ1) is 24.3. The van der Waals surface area contributed by atoms with Crippen molar-refractivity contribution in [3.63, 3.8) is 0 Å². The van der Waals surface area contributed by atoms with Gasteiger partial charge in [0.25, 0.3) is 0 Å². The molecule has 9 nitrogen and oxygen atoms in total. The Balaban J connectivity index is 1.32. The molecular weight excluding hydrogens is 452 g/mol. The Bertz CT molecular complexity index is 910. The van der Waals surface area contributed by atoms with Crippen LogP contribution in [0.15, 0.2) is 30.3 Å². The average molecular weight is 487 g/mol. The van der Waals surface area contributed by atoms with Gasteiger partial charge in [-0.2, -0.15) is 9.97 Å². The average Bonchev–Trinajstić information content (AvgIpc) is 3.55. The summed E-state index contributed by atoms with van der Waals surface area (Å²) in [5, 5.41) is 4.11. The van der Waals surface area contributed by atoms with Gasteiger partial charge in [0.2, 0.25) is 5.95 Å². The second-order valence-electron chi connectivity index (χ2n) is 9.00. The number of primary amides is 1. The zero-order chi connectivity index (χ0) is 23.9. The van der Waals surface area contributed by atoms with Gasteiger partial charge in [0, 0.05) is 69.1 Å². The Morgan fingerprint density at radius 2 is 1.65 bits per heavy atom. The zero-order valence-corrected chi connectivity index (χ0v) is 20.7. The summed E-state index contributed by atoms with van der Waals surface area (Å²) < 4.78 is 0. The monoisotopic (exact) mass is 486 g/mol. The van der Waals surface area contributed by atoms with Crippen LogP contribution in [-0.2, 0) is 0 Å². The minimum absolute atomic E-state index is 0.473. The van der Waals surface area contributed by atoms with Crippen molar-refractivity contribution in [2.45, 2.75) is 25.7 Å². The summed E-state index contributed by atoms with van der Waals surface area (Å²) in [6, 6.07) is 8.72. The number of aromatic nitrogens is 2. The summed E-state index contributed by atoms with van der Waals surface area (Å²) in [6.45, 7) is 6.89. The number of nitrogens with zero attached hydrogens (tertiary/aromatic N) is 6. The number of amides is 2. The van der Waals surface area contributed by atoms with E-state index in [4.69, 9.17) is 27.3 Å². The lowest BCUT2D eigenvalue weighted by molar-refractivity contribution is 0.252. The van der Waals surface area contributed by atoms with E-state index in [1.54, 1.807) is 29.2 Å². The van der Waals surface area contributed by atoms with Crippen molar-refractivity contribution in [3.8, 4) is 0 Å². The van der Waals surface area contributed by atoms with Crippen molar-refractivity contribution in [2.75, 3.05) is 79.4 Å². The fraction of sp³-hybridized carbons (Fsp3) is 0.542. The zero-order valence-electron chi connectivity index (χ0n) is 19.9. The molecule has 34 heavy (non-hydrogen) atoms. The van der Waals surface area contributed by atoms with Gasteiger partial charge in [0.15, 0.2) is 0 Å². The number of benzene rings is 1. The molecular formula is C24H35ClN8O. The fourth-order valence-electron chi connectivity index (χ4n) is 4.42. The van der Waals surface area contributed by atoms with Gasteiger partial charge in [-0.3, -0.25) is 4.90 Å². The van der Waals surface area contributed by atoms with E-state index in [0.29, 0.717) is 18.1 Å². The number of hydrogen-bond acceptors (Lipinski definition) is 7. The van der Waals surface area contributed by atoms with Crippen LogP contribution in [0.5, 0.6) is 0 Å². The number of nitrogens with two attached hydrogens (primary N) is 1. The fourth-order valence-corrected chi connectivity index (χ4v) is 4.55. The Kier molecular flexibility index (Phi) is 8.29. The molecule has 1 aromatic heterocycles. The van der Waals surface area contributed by atoms with Crippen LogP contribution in [0.1, 0.15) is 25.7 Å². The molecule has 0 saturated carbocycles. The maximum atomic E-state index is 11.9. The number of hydrogen-bond donors (Lipinski definition) is 2. The third-order valence-electron chi connectivity index (χ3n) is 6.43. The van der Waals surface area contributed by atoms with Gasteiger partial charge in [-0.15, -0.1) is 0 Å². The molecule has 4 rings (SSSR count). The minimum Gasteiger partial charge on any atom is -0.369 e. The highest BCUT2D eigenvalue weighted by Crippen LogP contribution is 2.25. The highest BCUT2D eigenvalue weighted by atomic mass is 35.5. The lowest BCUT2D eigenvalue weighted by Crippen LogP contribution is -2.41. The number of urea groups is 1. The van der Waals surface area contributed by atoms with E-state index in [1.165, 1.54) is 25.7 Å². The minimum atomic E-state index is -0.473. The van der Waals surface area contributed by atoms with Crippen molar-refractivity contribution in [1.82, 2.24) is 14.9 Å². The van der Waals surface area contributed by atoms with Gasteiger partial charge in [0.1, 0.15) is 11.6 Å². The van der Waals surface area contributed by atoms with Crippen molar-refractivity contribution in [3.05, 3.63) is 35.4 Å². The van der Waals surface area contributed by atoms with E-state index in [-0.39, 0.29) is 0 Å². The molecule has 184 valence electrons. The Labute approximate surface area is 206 Å². The summed E-state index contributed by atoms with van der Waals surface area (Å²) >= 11 is 5.96. The predicted molar refractivity (Wildman–Crippen MR) is 139 cm³/mol. The molecule has 0 radical (unpaired) electrons. The van der Waals surface area contributed by atoms with Crippen LogP contribution in [0, 0.1) is 0 Å². The van der Waals surface area contributed by atoms with Gasteiger partial charge < -0.3 is 25.8 Å². The third-order valence-corrected chi connectivity index (χ3v) is 6.68. The summed E-state index contributed by atoms with van der Waals surface area (Å²) in [5.41, 5.74) is 6.35. The SMILES string of the molecule is CN(CCNc1cc(N2CCCC2)nc(N2CCCC2)n1)CCN(C(N)=O)c1ccc(Cl)cc1. The molecule has 2 aliphatic rings. The van der Waals surface area contributed by atoms with Crippen LogP contribution >= 0.6 is 11.6 Å². The third kappa shape index (κ3) is 6.42. The normalized spacial score (nSPS) is 15.9. The standard InChI is InChI=1S/C24H35ClN8O/c1-30(16-17-33(23(26)34)20-8-6-19(25)7-9-20)15-10-27-21-18-22(31-11-2-3-12-31)29-24(28-21)32-13-4-5-14-32/h6-9,18H,2-5,10-17H2,1H3,(H2,26,34)(H,27,28,29). The first-order chi connectivity index (χ1) is 16.5. The molecule has 2 saturated heterocycles. The Hall–Kier alpha value is -2.78. The van der Waals surface area contributed by atoms with Crippen molar-refractivity contribution in [1.29, 1.82) is 0 Å². The maximum Gasteiger partial charge on any atom is 0.319 e. The molecule has 2 fully saturated rings. The van der Waals surface area contributed by atoms with Crippen molar-refractivity contribution >= 4 is 40.9 Å². The van der Waals surface area contributed by atoms with Crippen molar-refractivity contribution in [2.24, 2.45) is 5.73 Å². The summed E-state index contributed by atoms with van der Waals surface area (Å²) in [5.74, 6) is 2.72. The second kappa shape index (κ2) is 11.6. The molecule has 0 bridgehead atoms. The molecule has 2 aliphatic heterocycles. The maximum absolute atomic E-state index is 11.9. The van der Waals surface area contributed by atoms with Crippen LogP contribution in [0.3, 0.4) is 0 Å². The van der Waals surface area contributed by atoms with Crippen molar-refractivity contribution < 1.29 is 4.79 Å². The van der Waals surface area contributed by atoms with Crippen LogP contribution < -0.4 is 25.8 Å². The molecule has 3 N–H and O–H groups in total. The Morgan fingerprint density at radius 1 is 1.00 bits per heavy atom. The van der Waals surface area contributed by atoms with Gasteiger partial charge >= 0.3 is 6.03 Å². The van der Waals surface area contributed by atoms with E-state index in [1.807, 2.05) is 7.05 Å². The number of rotatable bonds is 10. The summed E-state index contributed by atoms with van der Waals surface area (Å²) in [4.78, 5) is 30.0. The van der Waals surface area contributed by atoms with E-state index >= 15 is 0 Å². The molecule has 0 aliphatic carbocycles. The number of anilines is 4. The second-order valence-corrected chi connectivity index (χ2v) is 9.43. The van der Waals surface area contributed by atoms with E-state index < -0.39 is 6.03 Å². The molecule has 1 aromatic carbocycles. The van der Waals surface area contributed by atoms with E-state index in [2.05, 4.69) is 26.1 Å². The molecule has 10 heteroatoms. The lowest BCUT2D eigenvalue weighted by Gasteiger charge is -2.25. The van der Waals surface area contributed by atoms with Crippen LogP contribution in [-0.4, -0.2) is 80.3 Å². The molecule has 0 atom stereocenters. The van der Waals surface area contributed by atoms with E-state index in [0.717, 1.165) is 62.5 Å². The largest absolute Gasteiger partial charge is 0.369 e. The van der Waals surface area contributed by atoms with Gasteiger partial charge in [-0.1, -0.05) is 11.6 Å². The molecule has 2 amide bonds. The predicted octanol–water partition coefficient (Wildman–Crippen LogP) is 3.26. The molecule has 3 heterocycles. The van der Waals surface area contributed by atoms with Gasteiger partial charge in [-0.05, 0) is 57.0 Å². The summed E-state index contributed by atoms with van der Waals surface area (Å²) in [6.07, 6.45) is 4.83. The number of carbonyl (C=O) groups excluding carboxylic acids is 1. The molecule has 2 aromatic rings. The number of carbonyl (C=O) groups is 1. The quantitative estimate of drug-likeness (QED) is 0.532. The van der Waals surface area contributed by atoms with Gasteiger partial charge in [-0.25, -0.2) is 4.79 Å². The molecule has 0 unspecified atom stereocenters. The number of nitrogens with one attached hydrogen (secondary N) is 1. The smallest absolute Gasteiger partial charge is 0.319 e. The van der Waals surface area contributed by atoms with Crippen LogP contribution in [0.25, 0.3) is 0 Å². The number of likely N-dealkylation sites (N-methyl/N-ethyl adjacent to an activating group) is 1. The highest BCUT2D eigenvalue weighted by molar-refractivity contribution is 6.30. The van der Waals surface area contributed by atoms with Crippen LogP contribution in [0.4, 0.5) is 28.1 Å². The van der Waals surface area contributed by atoms with Gasteiger partial charge in [0.05, 0.1) is 0 Å². The molecule has 0 spiro atoms. The first-order valence-corrected chi connectivity index (χ1v) is 12.5. The van der Waals surface area contributed by atoms with Crippen LogP contribution in [0.2, 0.25) is 5.02 Å². The summed E-state index contributed by atoms with van der Waals surface area (Å²) in [7, 11) is 2.04.